The SMILES string of the molecule is CC(C)NC(=O)NCCN1C(=O)c2ccc(Cl)cc2C1=O. The Bertz CT molecular complexity index is 601. The summed E-state index contributed by atoms with van der Waals surface area (Å²) in [5, 5.41) is 5.67. The van der Waals surface area contributed by atoms with Crippen LogP contribution in [0.5, 0.6) is 0 Å². The monoisotopic (exact) mass is 309 g/mol. The van der Waals surface area contributed by atoms with Gasteiger partial charge in [0.25, 0.3) is 11.8 Å². The predicted molar refractivity (Wildman–Crippen MR) is 78.5 cm³/mol. The van der Waals surface area contributed by atoms with E-state index in [2.05, 4.69) is 10.6 Å². The van der Waals surface area contributed by atoms with Gasteiger partial charge in [-0.25, -0.2) is 4.79 Å². The van der Waals surface area contributed by atoms with Crippen molar-refractivity contribution in [1.29, 1.82) is 0 Å². The molecule has 112 valence electrons. The number of nitrogens with one attached hydrogen (secondary N) is 2. The Balaban J connectivity index is 1.96. The normalized spacial score (nSPS) is 13.6. The maximum Gasteiger partial charge on any atom is 0.315 e. The standard InChI is InChI=1S/C14H16ClN3O3/c1-8(2)17-14(21)16-5-6-18-12(19)10-4-3-9(15)7-11(10)13(18)20/h3-4,7-8H,5-6H2,1-2H3,(H2,16,17,21). The van der Waals surface area contributed by atoms with Gasteiger partial charge in [-0.05, 0) is 32.0 Å². The Morgan fingerprint density at radius 3 is 2.57 bits per heavy atom. The summed E-state index contributed by atoms with van der Waals surface area (Å²) in [4.78, 5) is 36.8. The second kappa shape index (κ2) is 6.13. The largest absolute Gasteiger partial charge is 0.336 e. The van der Waals surface area contributed by atoms with Crippen LogP contribution < -0.4 is 10.6 Å². The molecule has 2 rings (SSSR count). The number of urea groups is 1. The lowest BCUT2D eigenvalue weighted by Crippen LogP contribution is -2.43. The fourth-order valence-electron chi connectivity index (χ4n) is 2.06. The van der Waals surface area contributed by atoms with E-state index in [1.54, 1.807) is 6.07 Å². The third kappa shape index (κ3) is 3.33. The van der Waals surface area contributed by atoms with Crippen LogP contribution in [0.4, 0.5) is 4.79 Å². The minimum absolute atomic E-state index is 0.0199. The van der Waals surface area contributed by atoms with Crippen LogP contribution in [-0.4, -0.2) is 41.9 Å². The van der Waals surface area contributed by atoms with E-state index in [-0.39, 0.29) is 37.0 Å². The van der Waals surface area contributed by atoms with Gasteiger partial charge >= 0.3 is 6.03 Å². The average Bonchev–Trinajstić information content (AvgIpc) is 2.62. The van der Waals surface area contributed by atoms with Crippen molar-refractivity contribution in [1.82, 2.24) is 15.5 Å². The maximum atomic E-state index is 12.1. The number of carbonyl (C=O) groups excluding carboxylic acids is 3. The Morgan fingerprint density at radius 2 is 1.90 bits per heavy atom. The molecule has 0 unspecified atom stereocenters. The first kappa shape index (κ1) is 15.3. The van der Waals surface area contributed by atoms with Crippen LogP contribution >= 0.6 is 11.6 Å². The molecule has 0 fully saturated rings. The second-order valence-corrected chi connectivity index (χ2v) is 5.44. The lowest BCUT2D eigenvalue weighted by atomic mass is 10.1. The molecular formula is C14H16ClN3O3. The van der Waals surface area contributed by atoms with Crippen LogP contribution in [0.1, 0.15) is 34.6 Å². The fourth-order valence-corrected chi connectivity index (χ4v) is 2.23. The Hall–Kier alpha value is -2.08. The number of carbonyl (C=O) groups is 3. The van der Waals surface area contributed by atoms with Crippen molar-refractivity contribution >= 4 is 29.4 Å². The summed E-state index contributed by atoms with van der Waals surface area (Å²) in [6.45, 7) is 3.99. The zero-order chi connectivity index (χ0) is 15.6. The molecule has 2 N–H and O–H groups in total. The van der Waals surface area contributed by atoms with E-state index in [0.29, 0.717) is 16.1 Å². The van der Waals surface area contributed by atoms with Crippen molar-refractivity contribution in [3.05, 3.63) is 34.3 Å². The Morgan fingerprint density at radius 1 is 1.24 bits per heavy atom. The molecule has 21 heavy (non-hydrogen) atoms. The van der Waals surface area contributed by atoms with Gasteiger partial charge in [-0.1, -0.05) is 11.6 Å². The summed E-state index contributed by atoms with van der Waals surface area (Å²) in [7, 11) is 0. The molecule has 0 radical (unpaired) electrons. The summed E-state index contributed by atoms with van der Waals surface area (Å²) >= 11 is 5.83. The number of rotatable bonds is 4. The first-order valence-electron chi connectivity index (χ1n) is 6.60. The molecular weight excluding hydrogens is 294 g/mol. The van der Waals surface area contributed by atoms with Crippen molar-refractivity contribution in [2.24, 2.45) is 0 Å². The van der Waals surface area contributed by atoms with Gasteiger partial charge in [-0.15, -0.1) is 0 Å². The van der Waals surface area contributed by atoms with E-state index in [9.17, 15) is 14.4 Å². The van der Waals surface area contributed by atoms with Crippen molar-refractivity contribution < 1.29 is 14.4 Å². The number of fused-ring (bicyclic) bond motifs is 1. The number of hydrogen-bond acceptors (Lipinski definition) is 3. The van der Waals surface area contributed by atoms with Gasteiger partial charge in [0.05, 0.1) is 11.1 Å². The molecule has 0 saturated heterocycles. The molecule has 0 aliphatic carbocycles. The third-order valence-corrected chi connectivity index (χ3v) is 3.21. The zero-order valence-corrected chi connectivity index (χ0v) is 12.5. The molecule has 1 aromatic carbocycles. The average molecular weight is 310 g/mol. The first-order valence-corrected chi connectivity index (χ1v) is 6.98. The highest BCUT2D eigenvalue weighted by molar-refractivity contribution is 6.32. The quantitative estimate of drug-likeness (QED) is 0.830. The molecule has 7 heteroatoms. The number of benzene rings is 1. The second-order valence-electron chi connectivity index (χ2n) is 5.01. The van der Waals surface area contributed by atoms with Crippen molar-refractivity contribution in [2.45, 2.75) is 19.9 Å². The Kier molecular flexibility index (Phi) is 4.47. The van der Waals surface area contributed by atoms with E-state index in [1.807, 2.05) is 13.8 Å². The van der Waals surface area contributed by atoms with Crippen LogP contribution in [0.15, 0.2) is 18.2 Å². The van der Waals surface area contributed by atoms with Gasteiger partial charge in [0.1, 0.15) is 0 Å². The minimum atomic E-state index is -0.386. The van der Waals surface area contributed by atoms with Crippen LogP contribution in [0, 0.1) is 0 Å². The summed E-state index contributed by atoms with van der Waals surface area (Å²) in [6.07, 6.45) is 0. The zero-order valence-electron chi connectivity index (χ0n) is 11.8. The van der Waals surface area contributed by atoms with Crippen LogP contribution in [0.25, 0.3) is 0 Å². The molecule has 1 aromatic rings. The summed E-state index contributed by atoms with van der Waals surface area (Å²) in [6, 6.07) is 4.28. The first-order chi connectivity index (χ1) is 9.90. The molecule has 1 aliphatic rings. The third-order valence-electron chi connectivity index (χ3n) is 2.97. The van der Waals surface area contributed by atoms with Gasteiger partial charge in [-0.2, -0.15) is 0 Å². The molecule has 1 aliphatic heterocycles. The van der Waals surface area contributed by atoms with Crippen LogP contribution in [0.2, 0.25) is 5.02 Å². The van der Waals surface area contributed by atoms with Crippen molar-refractivity contribution in [2.75, 3.05) is 13.1 Å². The topological polar surface area (TPSA) is 78.5 Å². The molecule has 0 aromatic heterocycles. The van der Waals surface area contributed by atoms with Gasteiger partial charge in [0.2, 0.25) is 0 Å². The number of halogens is 1. The van der Waals surface area contributed by atoms with Crippen molar-refractivity contribution in [3.63, 3.8) is 0 Å². The highest BCUT2D eigenvalue weighted by Crippen LogP contribution is 2.25. The summed E-state index contributed by atoms with van der Waals surface area (Å²) < 4.78 is 0. The number of hydrogen-bond donors (Lipinski definition) is 2. The van der Waals surface area contributed by atoms with Gasteiger partial charge < -0.3 is 10.6 Å². The van der Waals surface area contributed by atoms with E-state index < -0.39 is 0 Å². The predicted octanol–water partition coefficient (Wildman–Crippen LogP) is 1.64. The molecule has 0 saturated carbocycles. The van der Waals surface area contributed by atoms with E-state index in [4.69, 9.17) is 11.6 Å². The number of imide groups is 1. The molecule has 0 atom stereocenters. The van der Waals surface area contributed by atoms with Gasteiger partial charge in [0, 0.05) is 24.2 Å². The maximum absolute atomic E-state index is 12.1. The van der Waals surface area contributed by atoms with E-state index in [1.165, 1.54) is 12.1 Å². The van der Waals surface area contributed by atoms with Gasteiger partial charge in [0.15, 0.2) is 0 Å². The molecule has 1 heterocycles. The molecule has 0 spiro atoms. The molecule has 0 bridgehead atoms. The van der Waals surface area contributed by atoms with Crippen molar-refractivity contribution in [3.8, 4) is 0 Å². The molecule has 4 amide bonds. The van der Waals surface area contributed by atoms with E-state index >= 15 is 0 Å². The molecule has 6 nitrogen and oxygen atoms in total. The van der Waals surface area contributed by atoms with E-state index in [0.717, 1.165) is 4.90 Å². The fraction of sp³-hybridized carbons (Fsp3) is 0.357. The number of amides is 4. The highest BCUT2D eigenvalue weighted by atomic mass is 35.5. The van der Waals surface area contributed by atoms with Crippen LogP contribution in [-0.2, 0) is 0 Å². The lowest BCUT2D eigenvalue weighted by Gasteiger charge is -2.15. The minimum Gasteiger partial charge on any atom is -0.336 e. The summed E-state index contributed by atoms with van der Waals surface area (Å²) in [5.74, 6) is -0.749. The van der Waals surface area contributed by atoms with Crippen LogP contribution in [0.3, 0.4) is 0 Å². The highest BCUT2D eigenvalue weighted by Gasteiger charge is 2.35. The van der Waals surface area contributed by atoms with Gasteiger partial charge in [-0.3, -0.25) is 14.5 Å². The Labute approximate surface area is 127 Å². The smallest absolute Gasteiger partial charge is 0.315 e. The number of nitrogens with zero attached hydrogens (tertiary/aromatic N) is 1. The summed E-state index contributed by atoms with van der Waals surface area (Å²) in [5.41, 5.74) is 0.648. The lowest BCUT2D eigenvalue weighted by molar-refractivity contribution is 0.0656.